The van der Waals surface area contributed by atoms with E-state index in [4.69, 9.17) is 0 Å². The van der Waals surface area contributed by atoms with Crippen LogP contribution in [0, 0.1) is 11.7 Å². The second-order valence-electron chi connectivity index (χ2n) is 7.43. The number of carbonyl (C=O) groups is 3. The number of rotatable bonds is 4. The largest absolute Gasteiger partial charge is 0.326 e. The summed E-state index contributed by atoms with van der Waals surface area (Å²) < 4.78 is 13.1. The number of piperidine rings is 1. The van der Waals surface area contributed by atoms with Gasteiger partial charge in [-0.2, -0.15) is 0 Å². The molecule has 1 atom stereocenters. The first-order valence-electron chi connectivity index (χ1n) is 9.75. The molecule has 2 aliphatic rings. The predicted octanol–water partition coefficient (Wildman–Crippen LogP) is 2.81. The van der Waals surface area contributed by atoms with E-state index in [1.165, 1.54) is 24.3 Å². The van der Waals surface area contributed by atoms with Crippen LogP contribution in [0.4, 0.5) is 15.8 Å². The summed E-state index contributed by atoms with van der Waals surface area (Å²) in [6, 6.07) is 14.2. The first-order valence-corrected chi connectivity index (χ1v) is 9.75. The molecule has 0 bridgehead atoms. The van der Waals surface area contributed by atoms with Crippen LogP contribution in [0.5, 0.6) is 0 Å². The van der Waals surface area contributed by atoms with E-state index in [-0.39, 0.29) is 30.1 Å². The highest BCUT2D eigenvalue weighted by Gasteiger charge is 2.43. The molecule has 1 unspecified atom stereocenters. The van der Waals surface area contributed by atoms with Gasteiger partial charge in [-0.05, 0) is 62.3 Å². The Bertz CT molecular complexity index is 909. The molecule has 2 fully saturated rings. The number of nitrogens with one attached hydrogen (secondary N) is 1. The lowest BCUT2D eigenvalue weighted by molar-refractivity contribution is -0.123. The van der Waals surface area contributed by atoms with E-state index in [0.29, 0.717) is 31.6 Å². The van der Waals surface area contributed by atoms with E-state index in [1.807, 2.05) is 35.2 Å². The normalized spacial score (nSPS) is 20.9. The van der Waals surface area contributed by atoms with Crippen molar-refractivity contribution in [2.45, 2.75) is 25.3 Å². The lowest BCUT2D eigenvalue weighted by atomic mass is 9.94. The molecule has 1 N–H and O–H groups in total. The molecule has 2 saturated heterocycles. The maximum atomic E-state index is 13.1. The van der Waals surface area contributed by atoms with Crippen molar-refractivity contribution in [1.29, 1.82) is 0 Å². The molecule has 0 saturated carbocycles. The molecule has 0 spiro atoms. The standard InChI is InChI=1S/C22H22FN3O3/c23-16-6-8-18(9-7-16)26-20(27)14-19(22(26)29)25-12-10-15(11-13-25)21(28)24-17-4-2-1-3-5-17/h1-9,15,19H,10-14H2,(H,24,28). The summed E-state index contributed by atoms with van der Waals surface area (Å²) in [7, 11) is 0. The number of likely N-dealkylation sites (tertiary alicyclic amines) is 1. The monoisotopic (exact) mass is 395 g/mol. The van der Waals surface area contributed by atoms with Gasteiger partial charge in [0, 0.05) is 11.6 Å². The molecule has 7 heteroatoms. The molecule has 4 rings (SSSR count). The van der Waals surface area contributed by atoms with Crippen molar-refractivity contribution >= 4 is 29.1 Å². The third kappa shape index (κ3) is 4.05. The fourth-order valence-corrected chi connectivity index (χ4v) is 4.00. The number of imide groups is 1. The average Bonchev–Trinajstić information content (AvgIpc) is 3.04. The molecule has 2 aliphatic heterocycles. The molecule has 29 heavy (non-hydrogen) atoms. The molecule has 2 aromatic rings. The van der Waals surface area contributed by atoms with Gasteiger partial charge in [-0.1, -0.05) is 18.2 Å². The van der Waals surface area contributed by atoms with Gasteiger partial charge in [0.2, 0.25) is 11.8 Å². The van der Waals surface area contributed by atoms with Crippen molar-refractivity contribution in [3.8, 4) is 0 Å². The fraction of sp³-hybridized carbons (Fsp3) is 0.318. The molecule has 2 heterocycles. The van der Waals surface area contributed by atoms with Gasteiger partial charge in [-0.3, -0.25) is 19.3 Å². The number of anilines is 2. The molecule has 2 aromatic carbocycles. The maximum Gasteiger partial charge on any atom is 0.251 e. The zero-order chi connectivity index (χ0) is 20.4. The highest BCUT2D eigenvalue weighted by molar-refractivity contribution is 6.22. The van der Waals surface area contributed by atoms with Crippen molar-refractivity contribution < 1.29 is 18.8 Å². The van der Waals surface area contributed by atoms with Gasteiger partial charge in [0.15, 0.2) is 0 Å². The minimum Gasteiger partial charge on any atom is -0.326 e. The number of nitrogens with zero attached hydrogens (tertiary/aromatic N) is 2. The van der Waals surface area contributed by atoms with E-state index >= 15 is 0 Å². The summed E-state index contributed by atoms with van der Waals surface area (Å²) >= 11 is 0. The Morgan fingerprint density at radius 3 is 2.28 bits per heavy atom. The number of hydrogen-bond acceptors (Lipinski definition) is 4. The molecule has 3 amide bonds. The highest BCUT2D eigenvalue weighted by Crippen LogP contribution is 2.29. The van der Waals surface area contributed by atoms with Crippen molar-refractivity contribution in [3.05, 3.63) is 60.4 Å². The van der Waals surface area contributed by atoms with Crippen LogP contribution in [-0.2, 0) is 14.4 Å². The quantitative estimate of drug-likeness (QED) is 0.809. The van der Waals surface area contributed by atoms with Crippen LogP contribution >= 0.6 is 0 Å². The highest BCUT2D eigenvalue weighted by atomic mass is 19.1. The minimum atomic E-state index is -0.523. The third-order valence-electron chi connectivity index (χ3n) is 5.59. The summed E-state index contributed by atoms with van der Waals surface area (Å²) in [6.45, 7) is 1.15. The van der Waals surface area contributed by atoms with Crippen molar-refractivity contribution in [3.63, 3.8) is 0 Å². The van der Waals surface area contributed by atoms with Gasteiger partial charge in [0.25, 0.3) is 5.91 Å². The molecule has 0 aliphatic carbocycles. The van der Waals surface area contributed by atoms with Gasteiger partial charge in [-0.15, -0.1) is 0 Å². The summed E-state index contributed by atoms with van der Waals surface area (Å²) in [6.07, 6.45) is 1.37. The Hall–Kier alpha value is -3.06. The summed E-state index contributed by atoms with van der Waals surface area (Å²) in [4.78, 5) is 40.9. The fourth-order valence-electron chi connectivity index (χ4n) is 4.00. The van der Waals surface area contributed by atoms with Crippen LogP contribution in [0.15, 0.2) is 54.6 Å². The van der Waals surface area contributed by atoms with Gasteiger partial charge < -0.3 is 5.32 Å². The van der Waals surface area contributed by atoms with E-state index in [9.17, 15) is 18.8 Å². The lowest BCUT2D eigenvalue weighted by Gasteiger charge is -2.34. The maximum absolute atomic E-state index is 13.1. The van der Waals surface area contributed by atoms with Gasteiger partial charge >= 0.3 is 0 Å². The second kappa shape index (κ2) is 8.13. The Morgan fingerprint density at radius 1 is 0.966 bits per heavy atom. The first-order chi connectivity index (χ1) is 14.0. The Kier molecular flexibility index (Phi) is 5.40. The minimum absolute atomic E-state index is 0.0161. The molecule has 0 radical (unpaired) electrons. The van der Waals surface area contributed by atoms with Crippen molar-refractivity contribution in [2.75, 3.05) is 23.3 Å². The lowest BCUT2D eigenvalue weighted by Crippen LogP contribution is -2.47. The van der Waals surface area contributed by atoms with E-state index in [2.05, 4.69) is 5.32 Å². The zero-order valence-corrected chi connectivity index (χ0v) is 15.9. The van der Waals surface area contributed by atoms with Crippen LogP contribution in [0.25, 0.3) is 0 Å². The van der Waals surface area contributed by atoms with Crippen LogP contribution in [-0.4, -0.2) is 41.8 Å². The topological polar surface area (TPSA) is 69.7 Å². The number of benzene rings is 2. The molecule has 0 aromatic heterocycles. The van der Waals surface area contributed by atoms with Crippen LogP contribution in [0.2, 0.25) is 0 Å². The van der Waals surface area contributed by atoms with Crippen LogP contribution in [0.1, 0.15) is 19.3 Å². The van der Waals surface area contributed by atoms with Gasteiger partial charge in [-0.25, -0.2) is 9.29 Å². The zero-order valence-electron chi connectivity index (χ0n) is 15.9. The van der Waals surface area contributed by atoms with Crippen LogP contribution < -0.4 is 10.2 Å². The number of amides is 3. The predicted molar refractivity (Wildman–Crippen MR) is 107 cm³/mol. The number of halogens is 1. The summed E-state index contributed by atoms with van der Waals surface area (Å²) in [5.74, 6) is -1.12. The first kappa shape index (κ1) is 19.3. The molecular formula is C22H22FN3O3. The van der Waals surface area contributed by atoms with E-state index < -0.39 is 11.9 Å². The summed E-state index contributed by atoms with van der Waals surface area (Å²) in [5.41, 5.74) is 1.16. The molecular weight excluding hydrogens is 373 g/mol. The Labute approximate surface area is 168 Å². The second-order valence-corrected chi connectivity index (χ2v) is 7.43. The van der Waals surface area contributed by atoms with Crippen LogP contribution in [0.3, 0.4) is 0 Å². The average molecular weight is 395 g/mol. The van der Waals surface area contributed by atoms with Crippen molar-refractivity contribution in [2.24, 2.45) is 5.92 Å². The van der Waals surface area contributed by atoms with Gasteiger partial charge in [0.1, 0.15) is 5.82 Å². The van der Waals surface area contributed by atoms with E-state index in [0.717, 1.165) is 10.6 Å². The Morgan fingerprint density at radius 2 is 1.62 bits per heavy atom. The molecule has 6 nitrogen and oxygen atoms in total. The smallest absolute Gasteiger partial charge is 0.251 e. The number of para-hydroxylation sites is 1. The Balaban J connectivity index is 1.36. The number of hydrogen-bond donors (Lipinski definition) is 1. The third-order valence-corrected chi connectivity index (χ3v) is 5.59. The summed E-state index contributed by atoms with van der Waals surface area (Å²) in [5, 5.41) is 2.93. The van der Waals surface area contributed by atoms with E-state index in [1.54, 1.807) is 0 Å². The SMILES string of the molecule is O=C(Nc1ccccc1)C1CCN(C2CC(=O)N(c3ccc(F)cc3)C2=O)CC1. The van der Waals surface area contributed by atoms with Gasteiger partial charge in [0.05, 0.1) is 18.2 Å². The number of carbonyl (C=O) groups excluding carboxylic acids is 3. The molecule has 150 valence electrons. The van der Waals surface area contributed by atoms with Crippen molar-refractivity contribution in [1.82, 2.24) is 4.90 Å².